The Labute approximate surface area is 117 Å². The molecule has 1 aliphatic heterocycles. The van der Waals surface area contributed by atoms with Gasteiger partial charge in [-0.3, -0.25) is 14.3 Å². The van der Waals surface area contributed by atoms with Crippen LogP contribution >= 0.6 is 0 Å². The summed E-state index contributed by atoms with van der Waals surface area (Å²) in [6.07, 6.45) is 1.88. The lowest BCUT2D eigenvalue weighted by Crippen LogP contribution is -2.30. The highest BCUT2D eigenvalue weighted by Gasteiger charge is 2.34. The number of amides is 2. The van der Waals surface area contributed by atoms with E-state index < -0.39 is 0 Å². The van der Waals surface area contributed by atoms with Crippen molar-refractivity contribution in [3.05, 3.63) is 11.9 Å². The van der Waals surface area contributed by atoms with Gasteiger partial charge in [0.2, 0.25) is 11.8 Å². The number of aryl methyl sites for hydroxylation is 1. The number of likely N-dealkylation sites (tertiary alicyclic amines) is 1. The maximum atomic E-state index is 12.2. The number of carbonyl (C=O) groups excluding carboxylic acids is 2. The second-order valence-electron chi connectivity index (χ2n) is 4.99. The lowest BCUT2D eigenvalue weighted by molar-refractivity contribution is -0.128. The zero-order valence-electron chi connectivity index (χ0n) is 12.0. The van der Waals surface area contributed by atoms with Crippen LogP contribution in [0.2, 0.25) is 0 Å². The van der Waals surface area contributed by atoms with Gasteiger partial charge in [-0.1, -0.05) is 0 Å². The largest absolute Gasteiger partial charge is 0.383 e. The number of methoxy groups -OCH3 is 1. The highest BCUT2D eigenvalue weighted by molar-refractivity contribution is 5.97. The number of rotatable bonds is 5. The number of hydrogen-bond acceptors (Lipinski definition) is 4. The molecule has 1 aliphatic rings. The summed E-state index contributed by atoms with van der Waals surface area (Å²) >= 11 is 0. The molecule has 7 heteroatoms. The molecule has 2 rings (SSSR count). The van der Waals surface area contributed by atoms with Gasteiger partial charge in [0.15, 0.2) is 0 Å². The summed E-state index contributed by atoms with van der Waals surface area (Å²) in [5.41, 5.74) is 1.58. The van der Waals surface area contributed by atoms with Gasteiger partial charge in [0.25, 0.3) is 0 Å². The minimum Gasteiger partial charge on any atom is -0.383 e. The summed E-state index contributed by atoms with van der Waals surface area (Å²) in [6.45, 7) is 3.35. The molecule has 0 bridgehead atoms. The van der Waals surface area contributed by atoms with E-state index in [0.717, 1.165) is 5.69 Å². The third-order valence-electron chi connectivity index (χ3n) is 3.64. The lowest BCUT2D eigenvalue weighted by Gasteiger charge is -2.15. The molecule has 1 saturated heterocycles. The molecule has 20 heavy (non-hydrogen) atoms. The van der Waals surface area contributed by atoms with Crippen molar-refractivity contribution < 1.29 is 14.3 Å². The molecule has 1 atom stereocenters. The van der Waals surface area contributed by atoms with E-state index in [4.69, 9.17) is 4.74 Å². The zero-order chi connectivity index (χ0) is 14.7. The van der Waals surface area contributed by atoms with Crippen LogP contribution in [0.1, 0.15) is 12.1 Å². The Morgan fingerprint density at radius 3 is 2.95 bits per heavy atom. The van der Waals surface area contributed by atoms with Crippen LogP contribution < -0.4 is 5.32 Å². The van der Waals surface area contributed by atoms with E-state index in [-0.39, 0.29) is 24.2 Å². The Morgan fingerprint density at radius 1 is 1.60 bits per heavy atom. The van der Waals surface area contributed by atoms with Crippen molar-refractivity contribution in [2.24, 2.45) is 13.0 Å². The van der Waals surface area contributed by atoms with E-state index in [1.54, 1.807) is 22.9 Å². The van der Waals surface area contributed by atoms with Gasteiger partial charge in [-0.15, -0.1) is 0 Å². The Balaban J connectivity index is 1.94. The number of ether oxygens (including phenoxy) is 1. The average molecular weight is 280 g/mol. The average Bonchev–Trinajstić information content (AvgIpc) is 2.94. The summed E-state index contributed by atoms with van der Waals surface area (Å²) in [5, 5.41) is 6.91. The molecule has 1 N–H and O–H groups in total. The summed E-state index contributed by atoms with van der Waals surface area (Å²) in [7, 11) is 3.41. The second-order valence-corrected chi connectivity index (χ2v) is 4.99. The molecule has 1 aromatic heterocycles. The van der Waals surface area contributed by atoms with Gasteiger partial charge in [-0.05, 0) is 6.92 Å². The van der Waals surface area contributed by atoms with Crippen LogP contribution in [-0.2, 0) is 21.4 Å². The molecule has 2 amide bonds. The monoisotopic (exact) mass is 280 g/mol. The minimum atomic E-state index is -0.307. The fraction of sp³-hybridized carbons (Fsp3) is 0.615. The van der Waals surface area contributed by atoms with E-state index in [9.17, 15) is 9.59 Å². The van der Waals surface area contributed by atoms with Crippen LogP contribution in [0.25, 0.3) is 0 Å². The minimum absolute atomic E-state index is 0.00473. The van der Waals surface area contributed by atoms with Crippen molar-refractivity contribution >= 4 is 17.5 Å². The smallest absolute Gasteiger partial charge is 0.229 e. The number of hydrogen-bond donors (Lipinski definition) is 1. The van der Waals surface area contributed by atoms with Crippen molar-refractivity contribution in [3.8, 4) is 0 Å². The molecule has 0 aromatic carbocycles. The van der Waals surface area contributed by atoms with E-state index >= 15 is 0 Å². The standard InChI is InChI=1S/C13H20N4O3/c1-9-11(7-14-16(9)2)15-13(19)10-6-12(18)17(8-10)4-5-20-3/h7,10H,4-6,8H2,1-3H3,(H,15,19). The molecular weight excluding hydrogens is 260 g/mol. The quantitative estimate of drug-likeness (QED) is 0.833. The summed E-state index contributed by atoms with van der Waals surface area (Å²) in [5.74, 6) is -0.432. The Bertz CT molecular complexity index is 512. The van der Waals surface area contributed by atoms with Gasteiger partial charge in [0.05, 0.1) is 30.1 Å². The molecule has 0 saturated carbocycles. The van der Waals surface area contributed by atoms with Crippen LogP contribution in [0.4, 0.5) is 5.69 Å². The van der Waals surface area contributed by atoms with E-state index in [2.05, 4.69) is 10.4 Å². The predicted molar refractivity (Wildman–Crippen MR) is 73.1 cm³/mol. The highest BCUT2D eigenvalue weighted by Crippen LogP contribution is 2.20. The first-order valence-electron chi connectivity index (χ1n) is 6.59. The van der Waals surface area contributed by atoms with Gasteiger partial charge in [-0.25, -0.2) is 0 Å². The number of anilines is 1. The Kier molecular flexibility index (Phi) is 4.39. The molecule has 1 fully saturated rings. The van der Waals surface area contributed by atoms with Crippen LogP contribution in [-0.4, -0.2) is 53.3 Å². The van der Waals surface area contributed by atoms with Crippen molar-refractivity contribution in [1.29, 1.82) is 0 Å². The van der Waals surface area contributed by atoms with E-state index in [1.165, 1.54) is 0 Å². The summed E-state index contributed by atoms with van der Waals surface area (Å²) < 4.78 is 6.65. The number of nitrogens with zero attached hydrogens (tertiary/aromatic N) is 3. The molecule has 2 heterocycles. The van der Waals surface area contributed by atoms with Gasteiger partial charge in [0.1, 0.15) is 0 Å². The fourth-order valence-corrected chi connectivity index (χ4v) is 2.22. The SMILES string of the molecule is COCCN1CC(C(=O)Nc2cnn(C)c2C)CC1=O. The molecule has 0 spiro atoms. The number of carbonyl (C=O) groups is 2. The summed E-state index contributed by atoms with van der Waals surface area (Å²) in [6, 6.07) is 0. The molecule has 1 aromatic rings. The molecular formula is C13H20N4O3. The van der Waals surface area contributed by atoms with E-state index in [1.807, 2.05) is 14.0 Å². The third-order valence-corrected chi connectivity index (χ3v) is 3.64. The highest BCUT2D eigenvalue weighted by atomic mass is 16.5. The lowest BCUT2D eigenvalue weighted by atomic mass is 10.1. The van der Waals surface area contributed by atoms with Crippen molar-refractivity contribution in [2.45, 2.75) is 13.3 Å². The van der Waals surface area contributed by atoms with Crippen LogP contribution in [0, 0.1) is 12.8 Å². The first-order valence-corrected chi connectivity index (χ1v) is 6.59. The van der Waals surface area contributed by atoms with Crippen molar-refractivity contribution in [3.63, 3.8) is 0 Å². The van der Waals surface area contributed by atoms with Gasteiger partial charge in [-0.2, -0.15) is 5.10 Å². The molecule has 7 nitrogen and oxygen atoms in total. The van der Waals surface area contributed by atoms with Gasteiger partial charge < -0.3 is 15.0 Å². The van der Waals surface area contributed by atoms with Crippen LogP contribution in [0.5, 0.6) is 0 Å². The maximum absolute atomic E-state index is 12.2. The van der Waals surface area contributed by atoms with Crippen molar-refractivity contribution in [1.82, 2.24) is 14.7 Å². The van der Waals surface area contributed by atoms with Crippen molar-refractivity contribution in [2.75, 3.05) is 32.1 Å². The fourth-order valence-electron chi connectivity index (χ4n) is 2.22. The molecule has 0 radical (unpaired) electrons. The third kappa shape index (κ3) is 2.98. The second kappa shape index (κ2) is 6.04. The Hall–Kier alpha value is -1.89. The van der Waals surface area contributed by atoms with Gasteiger partial charge in [0, 0.05) is 33.7 Å². The normalized spacial score (nSPS) is 18.6. The predicted octanol–water partition coefficient (Wildman–Crippen LogP) is 0.162. The Morgan fingerprint density at radius 2 is 2.35 bits per heavy atom. The number of aromatic nitrogens is 2. The molecule has 110 valence electrons. The maximum Gasteiger partial charge on any atom is 0.229 e. The van der Waals surface area contributed by atoms with Crippen LogP contribution in [0.15, 0.2) is 6.20 Å². The first-order chi connectivity index (χ1) is 9.52. The van der Waals surface area contributed by atoms with E-state index in [0.29, 0.717) is 25.4 Å². The first kappa shape index (κ1) is 14.5. The number of nitrogens with one attached hydrogen (secondary N) is 1. The molecule has 1 unspecified atom stereocenters. The summed E-state index contributed by atoms with van der Waals surface area (Å²) in [4.78, 5) is 25.6. The molecule has 0 aliphatic carbocycles. The van der Waals surface area contributed by atoms with Gasteiger partial charge >= 0.3 is 0 Å². The van der Waals surface area contributed by atoms with Crippen LogP contribution in [0.3, 0.4) is 0 Å². The topological polar surface area (TPSA) is 76.5 Å². The zero-order valence-corrected chi connectivity index (χ0v) is 12.0.